The number of esters is 1. The van der Waals surface area contributed by atoms with Crippen molar-refractivity contribution in [2.45, 2.75) is 31.9 Å². The number of hydrogen-bond donors (Lipinski definition) is 0. The number of nitrogens with zero attached hydrogens (tertiary/aromatic N) is 3. The average Bonchev–Trinajstić information content (AvgIpc) is 3.14. The summed E-state index contributed by atoms with van der Waals surface area (Å²) in [5.74, 6) is 0.261. The summed E-state index contributed by atoms with van der Waals surface area (Å²) < 4.78 is 21.1. The third-order valence-corrected chi connectivity index (χ3v) is 5.96. The highest BCUT2D eigenvalue weighted by atomic mass is 35.5. The lowest BCUT2D eigenvalue weighted by atomic mass is 10.0. The molecule has 2 unspecified atom stereocenters. The van der Waals surface area contributed by atoms with Crippen LogP contribution in [0.4, 0.5) is 4.39 Å². The van der Waals surface area contributed by atoms with Crippen molar-refractivity contribution in [3.63, 3.8) is 0 Å². The highest BCUT2D eigenvalue weighted by Gasteiger charge is 2.54. The highest BCUT2D eigenvalue weighted by Crippen LogP contribution is 2.51. The number of ether oxygens (including phenoxy) is 1. The van der Waals surface area contributed by atoms with Crippen LogP contribution in [-0.4, -0.2) is 33.3 Å². The number of pyridine rings is 1. The predicted molar refractivity (Wildman–Crippen MR) is 110 cm³/mol. The van der Waals surface area contributed by atoms with Gasteiger partial charge in [-0.15, -0.1) is 16.8 Å². The van der Waals surface area contributed by atoms with E-state index >= 15 is 0 Å². The number of methoxy groups -OCH3 is 1. The molecule has 7 heteroatoms. The Morgan fingerprint density at radius 1 is 1.41 bits per heavy atom. The van der Waals surface area contributed by atoms with Crippen LogP contribution in [0.3, 0.4) is 0 Å². The Balaban J connectivity index is 1.66. The predicted octanol–water partition coefficient (Wildman–Crippen LogP) is 4.99. The van der Waals surface area contributed by atoms with Crippen molar-refractivity contribution in [3.05, 3.63) is 65.1 Å². The van der Waals surface area contributed by atoms with E-state index in [0.717, 1.165) is 22.5 Å². The fraction of sp³-hybridized carbons (Fsp3) is 0.318. The lowest BCUT2D eigenvalue weighted by Gasteiger charge is -2.11. The highest BCUT2D eigenvalue weighted by molar-refractivity contribution is 6.33. The number of benzene rings is 1. The van der Waals surface area contributed by atoms with Crippen molar-refractivity contribution >= 4 is 23.2 Å². The van der Waals surface area contributed by atoms with Gasteiger partial charge in [0.05, 0.1) is 12.7 Å². The quantitative estimate of drug-likeness (QED) is 0.422. The van der Waals surface area contributed by atoms with Crippen molar-refractivity contribution in [1.29, 1.82) is 0 Å². The molecule has 0 bridgehead atoms. The summed E-state index contributed by atoms with van der Waals surface area (Å²) in [5, 5.41) is 9.06. The van der Waals surface area contributed by atoms with Crippen LogP contribution < -0.4 is 0 Å². The molecule has 0 aliphatic heterocycles. The van der Waals surface area contributed by atoms with Gasteiger partial charge in [0, 0.05) is 34.7 Å². The summed E-state index contributed by atoms with van der Waals surface area (Å²) in [4.78, 5) is 11.7. The molecule has 1 fully saturated rings. The number of aromatic nitrogens is 3. The molecule has 2 atom stereocenters. The molecule has 2 heterocycles. The van der Waals surface area contributed by atoms with Gasteiger partial charge >= 0.3 is 5.97 Å². The van der Waals surface area contributed by atoms with Crippen LogP contribution in [0.1, 0.15) is 34.6 Å². The monoisotopic (exact) mass is 413 g/mol. The van der Waals surface area contributed by atoms with Gasteiger partial charge in [-0.2, -0.15) is 0 Å². The van der Waals surface area contributed by atoms with Crippen LogP contribution in [0.2, 0.25) is 5.02 Å². The van der Waals surface area contributed by atoms with E-state index in [1.54, 1.807) is 24.3 Å². The smallest absolute Gasteiger partial charge is 0.337 e. The fourth-order valence-electron chi connectivity index (χ4n) is 3.86. The van der Waals surface area contributed by atoms with Gasteiger partial charge in [-0.05, 0) is 43.5 Å². The summed E-state index contributed by atoms with van der Waals surface area (Å²) in [6, 6.07) is 7.00. The number of carbonyl (C=O) groups is 1. The Kier molecular flexibility index (Phi) is 4.90. The average molecular weight is 414 g/mol. The maximum Gasteiger partial charge on any atom is 0.337 e. The molecule has 3 aromatic rings. The summed E-state index contributed by atoms with van der Waals surface area (Å²) in [6.45, 7) is 5.58. The van der Waals surface area contributed by atoms with E-state index in [9.17, 15) is 9.18 Å². The topological polar surface area (TPSA) is 56.5 Å². The molecule has 0 amide bonds. The molecule has 150 valence electrons. The Labute approximate surface area is 173 Å². The molecule has 1 aliphatic rings. The molecule has 4 rings (SSSR count). The molecular formula is C22H21ClFN3O2. The lowest BCUT2D eigenvalue weighted by molar-refractivity contribution is 0.0600. The molecule has 1 saturated carbocycles. The van der Waals surface area contributed by atoms with Gasteiger partial charge < -0.3 is 4.74 Å². The zero-order valence-corrected chi connectivity index (χ0v) is 17.0. The van der Waals surface area contributed by atoms with Gasteiger partial charge in [0.2, 0.25) is 0 Å². The molecule has 5 nitrogen and oxygen atoms in total. The third-order valence-electron chi connectivity index (χ3n) is 5.65. The number of rotatable bonds is 6. The number of halogens is 2. The Morgan fingerprint density at radius 3 is 2.90 bits per heavy atom. The molecule has 0 saturated heterocycles. The van der Waals surface area contributed by atoms with E-state index in [1.807, 2.05) is 23.6 Å². The summed E-state index contributed by atoms with van der Waals surface area (Å²) in [6.07, 6.45) is 4.96. The molecule has 1 aliphatic carbocycles. The van der Waals surface area contributed by atoms with Gasteiger partial charge in [-0.3, -0.25) is 4.40 Å². The van der Waals surface area contributed by atoms with E-state index in [-0.39, 0.29) is 5.92 Å². The van der Waals surface area contributed by atoms with Gasteiger partial charge in [0.25, 0.3) is 0 Å². The van der Waals surface area contributed by atoms with Crippen LogP contribution in [0.5, 0.6) is 0 Å². The molecule has 1 aromatic carbocycles. The molecule has 2 aromatic heterocycles. The maximum atomic E-state index is 14.5. The molecular weight excluding hydrogens is 393 g/mol. The second-order valence-corrected chi connectivity index (χ2v) is 7.89. The minimum atomic E-state index is -1.16. The van der Waals surface area contributed by atoms with Crippen molar-refractivity contribution in [2.24, 2.45) is 5.92 Å². The van der Waals surface area contributed by atoms with Crippen LogP contribution in [0.15, 0.2) is 43.1 Å². The first-order valence-corrected chi connectivity index (χ1v) is 9.77. The number of aryl methyl sites for hydroxylation is 1. The number of fused-ring (bicyclic) bond motifs is 1. The van der Waals surface area contributed by atoms with Crippen LogP contribution in [0, 0.1) is 12.8 Å². The third kappa shape index (κ3) is 3.42. The van der Waals surface area contributed by atoms with E-state index < -0.39 is 11.6 Å². The normalized spacial score (nSPS) is 20.6. The fourth-order valence-corrected chi connectivity index (χ4v) is 4.14. The van der Waals surface area contributed by atoms with Crippen molar-refractivity contribution in [1.82, 2.24) is 14.6 Å². The lowest BCUT2D eigenvalue weighted by Crippen LogP contribution is -2.06. The van der Waals surface area contributed by atoms with Crippen LogP contribution >= 0.6 is 11.6 Å². The second kappa shape index (κ2) is 7.26. The maximum absolute atomic E-state index is 14.5. The summed E-state index contributed by atoms with van der Waals surface area (Å²) in [7, 11) is 1.33. The Morgan fingerprint density at radius 2 is 2.21 bits per heavy atom. The first kappa shape index (κ1) is 19.6. The van der Waals surface area contributed by atoms with Crippen molar-refractivity contribution in [3.8, 4) is 11.1 Å². The van der Waals surface area contributed by atoms with Crippen molar-refractivity contribution in [2.75, 3.05) is 7.11 Å². The van der Waals surface area contributed by atoms with Gasteiger partial charge in [0.1, 0.15) is 11.5 Å². The minimum absolute atomic E-state index is 0.0480. The Bertz CT molecular complexity index is 1130. The zero-order valence-electron chi connectivity index (χ0n) is 16.3. The second-order valence-electron chi connectivity index (χ2n) is 7.48. The molecule has 0 radical (unpaired) electrons. The van der Waals surface area contributed by atoms with Gasteiger partial charge in [-0.25, -0.2) is 9.18 Å². The van der Waals surface area contributed by atoms with E-state index in [1.165, 1.54) is 7.11 Å². The van der Waals surface area contributed by atoms with E-state index in [2.05, 4.69) is 16.8 Å². The van der Waals surface area contributed by atoms with Crippen molar-refractivity contribution < 1.29 is 13.9 Å². The zero-order chi connectivity index (χ0) is 20.8. The van der Waals surface area contributed by atoms with Gasteiger partial charge in [0.15, 0.2) is 5.65 Å². The molecule has 29 heavy (non-hydrogen) atoms. The number of alkyl halides is 1. The largest absolute Gasteiger partial charge is 0.465 e. The Hall–Kier alpha value is -2.73. The molecule has 0 spiro atoms. The standard InChI is InChI=1S/C22H21ClFN3O2/c1-4-8-22(24)12-15(22)11-19-25-26-20-13(2)16(7-9-27(19)20)17-6-5-14(10-18(17)23)21(28)29-3/h4-7,9-10,15H,1,8,11-12H2,2-3H3. The van der Waals surface area contributed by atoms with Crippen LogP contribution in [0.25, 0.3) is 16.8 Å². The number of hydrogen-bond acceptors (Lipinski definition) is 4. The first-order valence-electron chi connectivity index (χ1n) is 9.39. The summed E-state index contributed by atoms with van der Waals surface area (Å²) >= 11 is 6.43. The minimum Gasteiger partial charge on any atom is -0.465 e. The van der Waals surface area contributed by atoms with E-state index in [4.69, 9.17) is 16.3 Å². The number of carbonyl (C=O) groups excluding carboxylic acids is 1. The SMILES string of the molecule is C=CCC1(F)CC1Cc1nnc2c(C)c(-c3ccc(C(=O)OC)cc3Cl)ccn12. The van der Waals surface area contributed by atoms with Gasteiger partial charge in [-0.1, -0.05) is 23.7 Å². The number of allylic oxidation sites excluding steroid dienone is 1. The first-order chi connectivity index (χ1) is 13.9. The van der Waals surface area contributed by atoms with Crippen LogP contribution in [-0.2, 0) is 11.2 Å². The molecule has 0 N–H and O–H groups in total. The van der Waals surface area contributed by atoms with E-state index in [0.29, 0.717) is 35.5 Å². The summed E-state index contributed by atoms with van der Waals surface area (Å²) in [5.41, 5.74) is 2.54.